The van der Waals surface area contributed by atoms with Crippen LogP contribution in [0.4, 0.5) is 22.0 Å². The number of aromatic amines is 1. The second-order valence-electron chi connectivity index (χ2n) is 8.52. The summed E-state index contributed by atoms with van der Waals surface area (Å²) in [6.07, 6.45) is 7.44. The van der Waals surface area contributed by atoms with Gasteiger partial charge in [0.25, 0.3) is 0 Å². The van der Waals surface area contributed by atoms with Crippen LogP contribution in [0.25, 0.3) is 11.0 Å². The second-order valence-corrected chi connectivity index (χ2v) is 8.52. The molecule has 4 aromatic rings. The maximum Gasteiger partial charge on any atom is 0.323 e. The predicted octanol–water partition coefficient (Wildman–Crippen LogP) is 5.00. The van der Waals surface area contributed by atoms with E-state index in [2.05, 4.69) is 47.6 Å². The Hall–Kier alpha value is -3.94. The van der Waals surface area contributed by atoms with Crippen LogP contribution in [0.1, 0.15) is 35.6 Å². The monoisotopic (exact) mass is 441 g/mol. The fourth-order valence-corrected chi connectivity index (χ4v) is 4.58. The molecule has 0 saturated carbocycles. The predicted molar refractivity (Wildman–Crippen MR) is 131 cm³/mol. The van der Waals surface area contributed by atoms with Gasteiger partial charge in [0.05, 0.1) is 16.8 Å². The van der Waals surface area contributed by atoms with E-state index in [0.29, 0.717) is 5.92 Å². The first-order valence-electron chi connectivity index (χ1n) is 11.2. The van der Waals surface area contributed by atoms with Gasteiger partial charge in [-0.15, -0.1) is 0 Å². The molecular formula is C25H27N7O. The minimum absolute atomic E-state index is 0.271. The van der Waals surface area contributed by atoms with Crippen LogP contribution < -0.4 is 15.5 Å². The number of amides is 2. The fourth-order valence-electron chi connectivity index (χ4n) is 4.58. The third-order valence-corrected chi connectivity index (χ3v) is 6.26. The Bertz CT molecular complexity index is 1280. The topological polar surface area (TPSA) is 98.8 Å². The average molecular weight is 442 g/mol. The number of aromatic nitrogens is 4. The highest BCUT2D eigenvalue weighted by atomic mass is 16.2. The van der Waals surface area contributed by atoms with Crippen molar-refractivity contribution in [2.45, 2.75) is 32.6 Å². The van der Waals surface area contributed by atoms with Crippen molar-refractivity contribution in [3.8, 4) is 0 Å². The standard InChI is InChI=1S/C25H27N7O/c1-16-8-10-26-17(2)22(16)31-25(33)30-20-7-3-5-18(13-20)19-6-4-12-32(14-19)24-21-9-11-27-23(21)28-15-29-24/h3,5,7-11,13,15,19H,4,6,12,14H2,1-2H3,(H,27,28,29)(H2,30,31,33). The highest BCUT2D eigenvalue weighted by Gasteiger charge is 2.24. The molecule has 1 atom stereocenters. The zero-order chi connectivity index (χ0) is 22.8. The Morgan fingerprint density at radius 2 is 2.03 bits per heavy atom. The van der Waals surface area contributed by atoms with Crippen LogP contribution in [-0.4, -0.2) is 39.1 Å². The summed E-state index contributed by atoms with van der Waals surface area (Å²) >= 11 is 0. The normalized spacial score (nSPS) is 16.1. The molecule has 1 aromatic carbocycles. The Morgan fingerprint density at radius 1 is 1.12 bits per heavy atom. The summed E-state index contributed by atoms with van der Waals surface area (Å²) in [4.78, 5) is 31.3. The fraction of sp³-hybridized carbons (Fsp3) is 0.280. The number of rotatable bonds is 4. The number of nitrogens with zero attached hydrogens (tertiary/aromatic N) is 4. The summed E-state index contributed by atoms with van der Waals surface area (Å²) in [5.74, 6) is 1.33. The molecule has 0 aliphatic carbocycles. The van der Waals surface area contributed by atoms with E-state index in [0.717, 1.165) is 65.4 Å². The largest absolute Gasteiger partial charge is 0.355 e. The summed E-state index contributed by atoms with van der Waals surface area (Å²) < 4.78 is 0. The molecule has 33 heavy (non-hydrogen) atoms. The van der Waals surface area contributed by atoms with Gasteiger partial charge in [0.2, 0.25) is 0 Å². The quantitative estimate of drug-likeness (QED) is 0.414. The number of carbonyl (C=O) groups is 1. The summed E-state index contributed by atoms with van der Waals surface area (Å²) in [6.45, 7) is 5.69. The highest BCUT2D eigenvalue weighted by Crippen LogP contribution is 2.32. The molecule has 3 N–H and O–H groups in total. The number of H-pyrrole nitrogens is 1. The molecule has 1 aliphatic heterocycles. The lowest BCUT2D eigenvalue weighted by molar-refractivity contribution is 0.262. The van der Waals surface area contributed by atoms with Crippen molar-refractivity contribution < 1.29 is 4.79 Å². The van der Waals surface area contributed by atoms with Crippen LogP contribution in [0.3, 0.4) is 0 Å². The van der Waals surface area contributed by atoms with E-state index in [-0.39, 0.29) is 6.03 Å². The lowest BCUT2D eigenvalue weighted by atomic mass is 9.90. The van der Waals surface area contributed by atoms with Crippen molar-refractivity contribution in [2.75, 3.05) is 28.6 Å². The zero-order valence-corrected chi connectivity index (χ0v) is 18.8. The van der Waals surface area contributed by atoms with Gasteiger partial charge in [0.1, 0.15) is 17.8 Å². The number of nitrogens with one attached hydrogen (secondary N) is 3. The van der Waals surface area contributed by atoms with E-state index in [4.69, 9.17) is 0 Å². The SMILES string of the molecule is Cc1ccnc(C)c1NC(=O)Nc1cccc(C2CCCN(c3ncnc4[nH]ccc34)C2)c1. The van der Waals surface area contributed by atoms with Crippen LogP contribution in [-0.2, 0) is 0 Å². The number of carbonyl (C=O) groups excluding carboxylic acids is 1. The summed E-state index contributed by atoms with van der Waals surface area (Å²) in [7, 11) is 0. The minimum Gasteiger partial charge on any atom is -0.355 e. The minimum atomic E-state index is -0.271. The maximum atomic E-state index is 12.6. The number of fused-ring (bicyclic) bond motifs is 1. The Kier molecular flexibility index (Phi) is 5.64. The third kappa shape index (κ3) is 4.37. The molecule has 0 spiro atoms. The van der Waals surface area contributed by atoms with Crippen molar-refractivity contribution in [3.05, 3.63) is 71.9 Å². The summed E-state index contributed by atoms with van der Waals surface area (Å²) in [5.41, 5.74) is 5.37. The van der Waals surface area contributed by atoms with Gasteiger partial charge < -0.3 is 20.5 Å². The van der Waals surface area contributed by atoms with Crippen molar-refractivity contribution in [3.63, 3.8) is 0 Å². The van der Waals surface area contributed by atoms with E-state index in [1.807, 2.05) is 44.3 Å². The Labute approximate surface area is 192 Å². The number of piperidine rings is 1. The van der Waals surface area contributed by atoms with Gasteiger partial charge in [-0.25, -0.2) is 14.8 Å². The van der Waals surface area contributed by atoms with E-state index >= 15 is 0 Å². The van der Waals surface area contributed by atoms with Crippen molar-refractivity contribution in [2.24, 2.45) is 0 Å². The molecule has 3 aromatic heterocycles. The van der Waals surface area contributed by atoms with Gasteiger partial charge in [-0.1, -0.05) is 12.1 Å². The van der Waals surface area contributed by atoms with E-state index in [1.165, 1.54) is 5.56 Å². The number of urea groups is 1. The number of hydrogen-bond donors (Lipinski definition) is 3. The molecule has 8 nitrogen and oxygen atoms in total. The number of benzene rings is 1. The molecule has 1 unspecified atom stereocenters. The maximum absolute atomic E-state index is 12.6. The van der Waals surface area contributed by atoms with Crippen LogP contribution in [0.5, 0.6) is 0 Å². The number of anilines is 3. The Balaban J connectivity index is 1.30. The molecule has 0 bridgehead atoms. The van der Waals surface area contributed by atoms with Crippen molar-refractivity contribution >= 4 is 34.3 Å². The smallest absolute Gasteiger partial charge is 0.323 e. The van der Waals surface area contributed by atoms with Crippen molar-refractivity contribution in [1.82, 2.24) is 19.9 Å². The molecule has 5 rings (SSSR count). The third-order valence-electron chi connectivity index (χ3n) is 6.26. The number of aryl methyl sites for hydroxylation is 2. The number of hydrogen-bond acceptors (Lipinski definition) is 5. The lowest BCUT2D eigenvalue weighted by Crippen LogP contribution is -2.35. The first-order chi connectivity index (χ1) is 16.1. The molecule has 1 aliphatic rings. The molecule has 1 fully saturated rings. The van der Waals surface area contributed by atoms with Gasteiger partial charge >= 0.3 is 6.03 Å². The molecule has 0 radical (unpaired) electrons. The van der Waals surface area contributed by atoms with Gasteiger partial charge in [-0.3, -0.25) is 4.98 Å². The first kappa shape index (κ1) is 20.9. The van der Waals surface area contributed by atoms with E-state index in [9.17, 15) is 4.79 Å². The van der Waals surface area contributed by atoms with Gasteiger partial charge in [-0.05, 0) is 62.1 Å². The van der Waals surface area contributed by atoms with Crippen LogP contribution in [0, 0.1) is 13.8 Å². The molecule has 8 heteroatoms. The van der Waals surface area contributed by atoms with E-state index in [1.54, 1.807) is 12.5 Å². The Morgan fingerprint density at radius 3 is 2.91 bits per heavy atom. The summed E-state index contributed by atoms with van der Waals surface area (Å²) in [5, 5.41) is 6.95. The van der Waals surface area contributed by atoms with Crippen LogP contribution in [0.2, 0.25) is 0 Å². The average Bonchev–Trinajstić information content (AvgIpc) is 3.31. The second kappa shape index (κ2) is 8.90. The lowest BCUT2D eigenvalue weighted by Gasteiger charge is -2.34. The van der Waals surface area contributed by atoms with Crippen LogP contribution in [0.15, 0.2) is 55.1 Å². The molecular weight excluding hydrogens is 414 g/mol. The number of pyridine rings is 1. The molecule has 4 heterocycles. The molecule has 2 amide bonds. The molecule has 168 valence electrons. The highest BCUT2D eigenvalue weighted by molar-refractivity contribution is 6.00. The van der Waals surface area contributed by atoms with E-state index < -0.39 is 0 Å². The van der Waals surface area contributed by atoms with Gasteiger partial charge in [0, 0.05) is 37.1 Å². The van der Waals surface area contributed by atoms with Gasteiger partial charge in [-0.2, -0.15) is 0 Å². The first-order valence-corrected chi connectivity index (χ1v) is 11.2. The van der Waals surface area contributed by atoms with Crippen LogP contribution >= 0.6 is 0 Å². The zero-order valence-electron chi connectivity index (χ0n) is 18.8. The summed E-state index contributed by atoms with van der Waals surface area (Å²) in [6, 6.07) is 11.8. The van der Waals surface area contributed by atoms with Crippen molar-refractivity contribution in [1.29, 1.82) is 0 Å². The molecule has 1 saturated heterocycles. The van der Waals surface area contributed by atoms with Gasteiger partial charge in [0.15, 0.2) is 0 Å².